The zero-order valence-electron chi connectivity index (χ0n) is 13.8. The third-order valence-electron chi connectivity index (χ3n) is 4.00. The summed E-state index contributed by atoms with van der Waals surface area (Å²) in [6.07, 6.45) is 5.16. The Morgan fingerprint density at radius 2 is 1.81 bits per heavy atom. The van der Waals surface area contributed by atoms with E-state index in [1.54, 1.807) is 11.8 Å². The van der Waals surface area contributed by atoms with E-state index in [0.29, 0.717) is 12.1 Å². The minimum Gasteiger partial charge on any atom is -0.298 e. The molecule has 0 saturated carbocycles. The summed E-state index contributed by atoms with van der Waals surface area (Å²) in [5, 5.41) is 1.33. The maximum atomic E-state index is 4.52. The first-order valence-electron chi connectivity index (χ1n) is 7.71. The lowest BCUT2D eigenvalue weighted by atomic mass is 10.1. The van der Waals surface area contributed by atoms with E-state index < -0.39 is 0 Å². The number of fused-ring (bicyclic) bond motifs is 1. The molecule has 0 atom stereocenters. The highest BCUT2D eigenvalue weighted by atomic mass is 32.2. The Bertz CT molecular complexity index is 580. The highest BCUT2D eigenvalue weighted by molar-refractivity contribution is 7.98. The van der Waals surface area contributed by atoms with Crippen molar-refractivity contribution in [3.8, 4) is 0 Å². The van der Waals surface area contributed by atoms with Crippen molar-refractivity contribution in [2.45, 2.75) is 51.1 Å². The van der Waals surface area contributed by atoms with Crippen LogP contribution in [0.2, 0.25) is 0 Å². The lowest BCUT2D eigenvalue weighted by molar-refractivity contribution is 0.177. The molecule has 0 aliphatic rings. The van der Waals surface area contributed by atoms with Gasteiger partial charge in [0.15, 0.2) is 0 Å². The average molecular weight is 302 g/mol. The van der Waals surface area contributed by atoms with E-state index in [9.17, 15) is 0 Å². The fraction of sp³-hybridized carbons (Fsp3) is 0.500. The van der Waals surface area contributed by atoms with E-state index in [0.717, 1.165) is 18.5 Å². The Kier molecular flexibility index (Phi) is 5.65. The highest BCUT2D eigenvalue weighted by Gasteiger charge is 2.14. The Morgan fingerprint density at radius 1 is 1.10 bits per heavy atom. The maximum absolute atomic E-state index is 4.52. The first-order valence-corrected chi connectivity index (χ1v) is 8.93. The van der Waals surface area contributed by atoms with Crippen LogP contribution in [-0.4, -0.2) is 34.8 Å². The van der Waals surface area contributed by atoms with Crippen LogP contribution in [0.4, 0.5) is 0 Å². The molecule has 21 heavy (non-hydrogen) atoms. The molecule has 114 valence electrons. The van der Waals surface area contributed by atoms with Gasteiger partial charge in [0.25, 0.3) is 0 Å². The van der Waals surface area contributed by atoms with Crippen LogP contribution in [0.1, 0.15) is 33.3 Å². The molecule has 3 heteroatoms. The van der Waals surface area contributed by atoms with Gasteiger partial charge in [0.05, 0.1) is 5.52 Å². The molecule has 0 radical (unpaired) electrons. The van der Waals surface area contributed by atoms with Gasteiger partial charge in [0, 0.05) is 35.1 Å². The molecule has 2 nitrogen and oxygen atoms in total. The van der Waals surface area contributed by atoms with Crippen LogP contribution in [0.25, 0.3) is 10.9 Å². The summed E-state index contributed by atoms with van der Waals surface area (Å²) >= 11 is 1.81. The Balaban J connectivity index is 2.30. The second-order valence-electron chi connectivity index (χ2n) is 6.00. The lowest BCUT2D eigenvalue weighted by Gasteiger charge is -2.30. The highest BCUT2D eigenvalue weighted by Crippen LogP contribution is 2.28. The molecule has 0 bridgehead atoms. The van der Waals surface area contributed by atoms with Crippen molar-refractivity contribution in [3.63, 3.8) is 0 Å². The monoisotopic (exact) mass is 302 g/mol. The second-order valence-corrected chi connectivity index (χ2v) is 6.85. The molecular weight excluding hydrogens is 276 g/mol. The van der Waals surface area contributed by atoms with Crippen LogP contribution in [0.3, 0.4) is 0 Å². The Morgan fingerprint density at radius 3 is 2.43 bits per heavy atom. The summed E-state index contributed by atoms with van der Waals surface area (Å²) in [6.45, 7) is 10.2. The number of benzene rings is 1. The number of nitrogens with zero attached hydrogens (tertiary/aromatic N) is 2. The van der Waals surface area contributed by atoms with Crippen molar-refractivity contribution in [1.29, 1.82) is 0 Å². The SMILES string of the molecule is CSc1cccc2nccc(CCN(C(C)C)C(C)C)c12. The lowest BCUT2D eigenvalue weighted by Crippen LogP contribution is -2.38. The maximum Gasteiger partial charge on any atom is 0.0716 e. The van der Waals surface area contributed by atoms with Gasteiger partial charge in [0.1, 0.15) is 0 Å². The Hall–Kier alpha value is -1.06. The van der Waals surface area contributed by atoms with E-state index in [1.807, 2.05) is 6.20 Å². The number of aromatic nitrogens is 1. The van der Waals surface area contributed by atoms with Crippen molar-refractivity contribution < 1.29 is 0 Å². The van der Waals surface area contributed by atoms with Crippen LogP contribution in [0.15, 0.2) is 35.4 Å². The van der Waals surface area contributed by atoms with Crippen molar-refractivity contribution >= 4 is 22.7 Å². The molecule has 0 aliphatic heterocycles. The first-order chi connectivity index (χ1) is 10.0. The van der Waals surface area contributed by atoms with Gasteiger partial charge >= 0.3 is 0 Å². The predicted molar refractivity (Wildman–Crippen MR) is 94.2 cm³/mol. The van der Waals surface area contributed by atoms with Gasteiger partial charge in [-0.15, -0.1) is 11.8 Å². The summed E-state index contributed by atoms with van der Waals surface area (Å²) in [4.78, 5) is 8.40. The number of thioether (sulfide) groups is 1. The molecule has 0 unspecified atom stereocenters. The van der Waals surface area contributed by atoms with E-state index in [2.05, 4.69) is 68.1 Å². The molecule has 0 aliphatic carbocycles. The zero-order chi connectivity index (χ0) is 15.4. The molecule has 0 saturated heterocycles. The molecule has 0 fully saturated rings. The fourth-order valence-electron chi connectivity index (χ4n) is 2.98. The van der Waals surface area contributed by atoms with E-state index in [-0.39, 0.29) is 0 Å². The van der Waals surface area contributed by atoms with Crippen LogP contribution in [-0.2, 0) is 6.42 Å². The molecule has 1 aromatic carbocycles. The summed E-state index contributed by atoms with van der Waals surface area (Å²) in [6, 6.07) is 9.75. The molecule has 2 aromatic rings. The second kappa shape index (κ2) is 7.28. The topological polar surface area (TPSA) is 16.1 Å². The quantitative estimate of drug-likeness (QED) is 0.724. The fourth-order valence-corrected chi connectivity index (χ4v) is 3.64. The van der Waals surface area contributed by atoms with Gasteiger partial charge in [-0.3, -0.25) is 9.88 Å². The molecule has 1 heterocycles. The number of hydrogen-bond acceptors (Lipinski definition) is 3. The summed E-state index contributed by atoms with van der Waals surface area (Å²) in [7, 11) is 0. The van der Waals surface area contributed by atoms with E-state index >= 15 is 0 Å². The van der Waals surface area contributed by atoms with Gasteiger partial charge in [0.2, 0.25) is 0 Å². The van der Waals surface area contributed by atoms with E-state index in [1.165, 1.54) is 15.8 Å². The summed E-state index contributed by atoms with van der Waals surface area (Å²) in [5.41, 5.74) is 2.52. The molecular formula is C18H26N2S. The van der Waals surface area contributed by atoms with Crippen molar-refractivity contribution in [2.75, 3.05) is 12.8 Å². The summed E-state index contributed by atoms with van der Waals surface area (Å²) < 4.78 is 0. The van der Waals surface area contributed by atoms with Gasteiger partial charge in [-0.1, -0.05) is 6.07 Å². The number of hydrogen-bond donors (Lipinski definition) is 0. The standard InChI is InChI=1S/C18H26N2S/c1-13(2)20(14(3)4)12-10-15-9-11-19-16-7-6-8-17(21-5)18(15)16/h6-9,11,13-14H,10,12H2,1-5H3. The number of pyridine rings is 1. The van der Waals surface area contributed by atoms with Crippen molar-refractivity contribution in [1.82, 2.24) is 9.88 Å². The van der Waals surface area contributed by atoms with Crippen LogP contribution in [0, 0.1) is 0 Å². The van der Waals surface area contributed by atoms with Crippen LogP contribution >= 0.6 is 11.8 Å². The van der Waals surface area contributed by atoms with E-state index in [4.69, 9.17) is 0 Å². The average Bonchev–Trinajstić information content (AvgIpc) is 2.46. The third-order valence-corrected chi connectivity index (χ3v) is 4.78. The molecule has 0 amide bonds. The normalized spacial score (nSPS) is 12.0. The van der Waals surface area contributed by atoms with Crippen molar-refractivity contribution in [2.24, 2.45) is 0 Å². The number of rotatable bonds is 6. The van der Waals surface area contributed by atoms with Crippen LogP contribution in [0.5, 0.6) is 0 Å². The van der Waals surface area contributed by atoms with Gasteiger partial charge in [-0.05, 0) is 64.1 Å². The minimum absolute atomic E-state index is 0.582. The van der Waals surface area contributed by atoms with Gasteiger partial charge in [-0.2, -0.15) is 0 Å². The zero-order valence-corrected chi connectivity index (χ0v) is 14.6. The summed E-state index contributed by atoms with van der Waals surface area (Å²) in [5.74, 6) is 0. The Labute approximate surface area is 133 Å². The largest absolute Gasteiger partial charge is 0.298 e. The molecule has 2 rings (SSSR count). The first kappa shape index (κ1) is 16.3. The molecule has 0 N–H and O–H groups in total. The van der Waals surface area contributed by atoms with Crippen LogP contribution < -0.4 is 0 Å². The molecule has 0 spiro atoms. The minimum atomic E-state index is 0.582. The van der Waals surface area contributed by atoms with Crippen molar-refractivity contribution in [3.05, 3.63) is 36.0 Å². The molecule has 1 aromatic heterocycles. The smallest absolute Gasteiger partial charge is 0.0716 e. The third kappa shape index (κ3) is 3.78. The van der Waals surface area contributed by atoms with Gasteiger partial charge in [-0.25, -0.2) is 0 Å². The predicted octanol–water partition coefficient (Wildman–Crippen LogP) is 4.62. The van der Waals surface area contributed by atoms with Gasteiger partial charge < -0.3 is 0 Å².